The number of benzene rings is 2. The minimum Gasteiger partial charge on any atom is -0.393 e. The van der Waals surface area contributed by atoms with Crippen LogP contribution in [0.4, 0.5) is 10.1 Å². The first-order valence-corrected chi connectivity index (χ1v) is 10.7. The molecule has 0 saturated carbocycles. The molecular formula is C20H17ClFN3O4S. The fourth-order valence-corrected chi connectivity index (χ4v) is 5.57. The van der Waals surface area contributed by atoms with E-state index in [4.69, 9.17) is 23.4 Å². The van der Waals surface area contributed by atoms with E-state index in [1.807, 2.05) is 6.07 Å². The van der Waals surface area contributed by atoms with Crippen LogP contribution in [0, 0.1) is 29.6 Å². The minimum absolute atomic E-state index is 0.0966. The Morgan fingerprint density at radius 1 is 1.37 bits per heavy atom. The zero-order valence-corrected chi connectivity index (χ0v) is 17.2. The summed E-state index contributed by atoms with van der Waals surface area (Å²) in [6, 6.07) is 9.67. The number of hydrogen-bond donors (Lipinski definition) is 2. The van der Waals surface area contributed by atoms with Gasteiger partial charge in [-0.2, -0.15) is 9.57 Å². The summed E-state index contributed by atoms with van der Waals surface area (Å²) in [5, 5.41) is 29.4. The van der Waals surface area contributed by atoms with Crippen molar-refractivity contribution in [3.63, 3.8) is 0 Å². The van der Waals surface area contributed by atoms with Gasteiger partial charge in [-0.3, -0.25) is 0 Å². The number of β-amino-alcohol motifs (C(OH)–C–C–N with tert-alkyl or cyclic N) is 1. The zero-order valence-electron chi connectivity index (χ0n) is 15.6. The predicted molar refractivity (Wildman–Crippen MR) is 107 cm³/mol. The summed E-state index contributed by atoms with van der Waals surface area (Å²) >= 11 is 6.05. The molecule has 156 valence electrons. The molecule has 1 heterocycles. The summed E-state index contributed by atoms with van der Waals surface area (Å²) in [7, 11) is -4.11. The minimum atomic E-state index is -4.11. The summed E-state index contributed by atoms with van der Waals surface area (Å²) in [5.41, 5.74) is -1.20. The first-order valence-electron chi connectivity index (χ1n) is 8.83. The molecule has 7 nitrogen and oxygen atoms in total. The van der Waals surface area contributed by atoms with E-state index in [0.29, 0.717) is 5.56 Å². The van der Waals surface area contributed by atoms with Crippen molar-refractivity contribution in [2.24, 2.45) is 5.92 Å². The molecule has 3 rings (SSSR count). The van der Waals surface area contributed by atoms with Gasteiger partial charge in [0, 0.05) is 19.0 Å². The number of aliphatic hydroxyl groups is 2. The first-order chi connectivity index (χ1) is 14.1. The molecule has 2 aromatic carbocycles. The van der Waals surface area contributed by atoms with E-state index >= 15 is 0 Å². The van der Waals surface area contributed by atoms with Gasteiger partial charge in [0.2, 0.25) is 15.7 Å². The van der Waals surface area contributed by atoms with E-state index in [9.17, 15) is 23.0 Å². The summed E-state index contributed by atoms with van der Waals surface area (Å²) in [5.74, 6) is -1.42. The largest absolute Gasteiger partial charge is 0.393 e. The fraction of sp³-hybridized carbons (Fsp3) is 0.300. The van der Waals surface area contributed by atoms with Crippen molar-refractivity contribution in [1.29, 1.82) is 5.26 Å². The van der Waals surface area contributed by atoms with Crippen LogP contribution < -0.4 is 0 Å². The van der Waals surface area contributed by atoms with Gasteiger partial charge in [0.1, 0.15) is 16.3 Å². The first kappa shape index (κ1) is 22.2. The molecule has 30 heavy (non-hydrogen) atoms. The van der Waals surface area contributed by atoms with E-state index in [1.54, 1.807) is 0 Å². The number of aliphatic hydroxyl groups excluding tert-OH is 1. The molecule has 0 unspecified atom stereocenters. The second-order valence-electron chi connectivity index (χ2n) is 7.11. The molecule has 0 aliphatic carbocycles. The molecule has 2 atom stereocenters. The topological polar surface area (TPSA) is 106 Å². The lowest BCUT2D eigenvalue weighted by Gasteiger charge is -2.26. The van der Waals surface area contributed by atoms with Gasteiger partial charge in [-0.25, -0.2) is 17.7 Å². The van der Waals surface area contributed by atoms with Crippen LogP contribution in [0.2, 0.25) is 5.02 Å². The van der Waals surface area contributed by atoms with Gasteiger partial charge in [0.25, 0.3) is 0 Å². The van der Waals surface area contributed by atoms with Gasteiger partial charge in [0.15, 0.2) is 0 Å². The molecule has 0 radical (unpaired) electrons. The lowest BCUT2D eigenvalue weighted by Crippen LogP contribution is -2.43. The summed E-state index contributed by atoms with van der Waals surface area (Å²) in [4.78, 5) is 2.84. The van der Waals surface area contributed by atoms with Crippen LogP contribution in [0.15, 0.2) is 41.3 Å². The number of nitrogens with zero attached hydrogens (tertiary/aromatic N) is 3. The number of rotatable bonds is 5. The standard InChI is InChI=1S/C20H17ClFN3O4S/c1-24-18-4-2-13(8-17(18)22)6-15-10-25(11-20(15,27)12-26)30(28,29)19-5-3-14(9-23)7-16(19)21/h2-5,7-8,15,26-27H,6,10-12H2/t15-,20+/m0/s1. The Balaban J connectivity index is 1.90. The van der Waals surface area contributed by atoms with Crippen molar-refractivity contribution in [3.8, 4) is 6.07 Å². The molecule has 1 aliphatic heterocycles. The average Bonchev–Trinajstić information content (AvgIpc) is 3.05. The second kappa shape index (κ2) is 8.31. The molecule has 1 aliphatic rings. The van der Waals surface area contributed by atoms with Crippen molar-refractivity contribution < 1.29 is 23.0 Å². The van der Waals surface area contributed by atoms with Crippen LogP contribution in [0.3, 0.4) is 0 Å². The number of sulfonamides is 1. The number of hydrogen-bond acceptors (Lipinski definition) is 5. The highest BCUT2D eigenvalue weighted by molar-refractivity contribution is 7.89. The maximum absolute atomic E-state index is 13.9. The Labute approximate surface area is 178 Å². The molecule has 0 spiro atoms. The average molecular weight is 450 g/mol. The third kappa shape index (κ3) is 4.04. The van der Waals surface area contributed by atoms with Crippen molar-refractivity contribution in [2.75, 3.05) is 19.7 Å². The Kier molecular flexibility index (Phi) is 6.14. The van der Waals surface area contributed by atoms with Gasteiger partial charge in [-0.15, -0.1) is 0 Å². The van der Waals surface area contributed by atoms with Crippen molar-refractivity contribution in [1.82, 2.24) is 4.31 Å². The van der Waals surface area contributed by atoms with E-state index in [2.05, 4.69) is 4.85 Å². The lowest BCUT2D eigenvalue weighted by molar-refractivity contribution is -0.0340. The van der Waals surface area contributed by atoms with E-state index < -0.39 is 34.0 Å². The normalized spacial score (nSPS) is 21.9. The highest BCUT2D eigenvalue weighted by Gasteiger charge is 2.49. The van der Waals surface area contributed by atoms with Crippen LogP contribution in [-0.2, 0) is 16.4 Å². The van der Waals surface area contributed by atoms with Crippen molar-refractivity contribution in [2.45, 2.75) is 16.9 Å². The Morgan fingerprint density at radius 3 is 2.67 bits per heavy atom. The Morgan fingerprint density at radius 2 is 2.10 bits per heavy atom. The third-order valence-electron chi connectivity index (χ3n) is 5.20. The smallest absolute Gasteiger partial charge is 0.244 e. The Bertz CT molecular complexity index is 1180. The molecule has 0 amide bonds. The quantitative estimate of drug-likeness (QED) is 0.682. The van der Waals surface area contributed by atoms with Crippen molar-refractivity contribution >= 4 is 27.3 Å². The molecule has 10 heteroatoms. The van der Waals surface area contributed by atoms with Crippen LogP contribution >= 0.6 is 11.6 Å². The second-order valence-corrected chi connectivity index (χ2v) is 9.43. The van der Waals surface area contributed by atoms with Gasteiger partial charge < -0.3 is 10.2 Å². The summed E-state index contributed by atoms with van der Waals surface area (Å²) in [6.45, 7) is 5.73. The zero-order chi connectivity index (χ0) is 22.1. The van der Waals surface area contributed by atoms with Gasteiger partial charge in [0.05, 0.1) is 29.8 Å². The maximum Gasteiger partial charge on any atom is 0.244 e. The van der Waals surface area contributed by atoms with E-state index in [1.165, 1.54) is 36.4 Å². The highest BCUT2D eigenvalue weighted by Crippen LogP contribution is 2.36. The highest BCUT2D eigenvalue weighted by atomic mass is 35.5. The SMILES string of the molecule is [C-]#[N+]c1ccc(C[C@H]2CN(S(=O)(=O)c3ccc(C#N)cc3Cl)C[C@@]2(O)CO)cc1F. The van der Waals surface area contributed by atoms with E-state index in [-0.39, 0.29) is 40.7 Å². The summed E-state index contributed by atoms with van der Waals surface area (Å²) < 4.78 is 41.1. The molecular weight excluding hydrogens is 433 g/mol. The molecule has 1 saturated heterocycles. The van der Waals surface area contributed by atoms with Gasteiger partial charge in [-0.1, -0.05) is 23.7 Å². The van der Waals surface area contributed by atoms with Gasteiger partial charge in [-0.05, 0) is 36.2 Å². The fourth-order valence-electron chi connectivity index (χ4n) is 3.50. The number of halogens is 2. The summed E-state index contributed by atoms with van der Waals surface area (Å²) in [6.07, 6.45) is 0.0966. The lowest BCUT2D eigenvalue weighted by atomic mass is 9.86. The van der Waals surface area contributed by atoms with Crippen LogP contribution in [0.5, 0.6) is 0 Å². The Hall–Kier alpha value is -2.53. The van der Waals surface area contributed by atoms with Gasteiger partial charge >= 0.3 is 0 Å². The van der Waals surface area contributed by atoms with Crippen LogP contribution in [0.1, 0.15) is 11.1 Å². The predicted octanol–water partition coefficient (Wildman–Crippen LogP) is 2.49. The molecule has 2 N–H and O–H groups in total. The van der Waals surface area contributed by atoms with Crippen LogP contribution in [0.25, 0.3) is 4.85 Å². The van der Waals surface area contributed by atoms with Crippen molar-refractivity contribution in [3.05, 3.63) is 69.8 Å². The van der Waals surface area contributed by atoms with Crippen LogP contribution in [-0.4, -0.2) is 48.2 Å². The molecule has 0 bridgehead atoms. The number of nitriles is 1. The molecule has 0 aromatic heterocycles. The molecule has 1 fully saturated rings. The monoisotopic (exact) mass is 449 g/mol. The van der Waals surface area contributed by atoms with E-state index in [0.717, 1.165) is 4.31 Å². The maximum atomic E-state index is 13.9. The molecule has 2 aromatic rings. The third-order valence-corrected chi connectivity index (χ3v) is 7.50.